The molecule has 0 radical (unpaired) electrons. The number of nitrogens with one attached hydrogen (secondary N) is 1. The van der Waals surface area contributed by atoms with Crippen molar-refractivity contribution >= 4 is 0 Å². The molecular formula is C15H25N3. The highest BCUT2D eigenvalue weighted by Crippen LogP contribution is 2.10. The molecule has 3 heteroatoms. The molecule has 0 atom stereocenters. The van der Waals surface area contributed by atoms with E-state index in [0.29, 0.717) is 0 Å². The van der Waals surface area contributed by atoms with Gasteiger partial charge < -0.3 is 10.2 Å². The second kappa shape index (κ2) is 6.88. The Morgan fingerprint density at radius 3 is 2.06 bits per heavy atom. The van der Waals surface area contributed by atoms with Crippen LogP contribution >= 0.6 is 0 Å². The van der Waals surface area contributed by atoms with E-state index in [1.807, 2.05) is 7.05 Å². The van der Waals surface area contributed by atoms with Crippen molar-refractivity contribution in [2.75, 3.05) is 39.8 Å². The highest BCUT2D eigenvalue weighted by atomic mass is 15.3. The first kappa shape index (κ1) is 13.5. The fourth-order valence-corrected chi connectivity index (χ4v) is 2.49. The smallest absolute Gasteiger partial charge is 0.0234 e. The lowest BCUT2D eigenvalue weighted by molar-refractivity contribution is 0.132. The van der Waals surface area contributed by atoms with Gasteiger partial charge in [0.15, 0.2) is 0 Å². The number of hydrogen-bond acceptors (Lipinski definition) is 3. The van der Waals surface area contributed by atoms with Gasteiger partial charge in [0, 0.05) is 39.3 Å². The molecule has 1 aromatic carbocycles. The lowest BCUT2D eigenvalue weighted by atomic mass is 10.1. The van der Waals surface area contributed by atoms with Gasteiger partial charge in [0.25, 0.3) is 0 Å². The predicted octanol–water partition coefficient (Wildman–Crippen LogP) is 1.54. The minimum absolute atomic E-state index is 0.954. The first-order valence-corrected chi connectivity index (χ1v) is 6.99. The molecule has 1 aliphatic rings. The van der Waals surface area contributed by atoms with Gasteiger partial charge in [-0.15, -0.1) is 0 Å². The second-order valence-electron chi connectivity index (χ2n) is 5.06. The molecule has 18 heavy (non-hydrogen) atoms. The minimum Gasteiger partial charge on any atom is -0.316 e. The Balaban J connectivity index is 1.82. The quantitative estimate of drug-likeness (QED) is 0.851. The van der Waals surface area contributed by atoms with E-state index in [-0.39, 0.29) is 0 Å². The summed E-state index contributed by atoms with van der Waals surface area (Å²) in [5, 5.41) is 3.18. The summed E-state index contributed by atoms with van der Waals surface area (Å²) in [5.74, 6) is 0. The summed E-state index contributed by atoms with van der Waals surface area (Å²) < 4.78 is 0. The van der Waals surface area contributed by atoms with Crippen molar-refractivity contribution in [1.82, 2.24) is 15.1 Å². The summed E-state index contributed by atoms with van der Waals surface area (Å²) >= 11 is 0. The molecule has 1 fully saturated rings. The van der Waals surface area contributed by atoms with Gasteiger partial charge in [0.05, 0.1) is 0 Å². The summed E-state index contributed by atoms with van der Waals surface area (Å²) in [4.78, 5) is 5.08. The maximum Gasteiger partial charge on any atom is 0.0234 e. The van der Waals surface area contributed by atoms with E-state index in [2.05, 4.69) is 46.3 Å². The van der Waals surface area contributed by atoms with Crippen LogP contribution in [0.3, 0.4) is 0 Å². The van der Waals surface area contributed by atoms with Crippen LogP contribution in [0.2, 0.25) is 0 Å². The first-order chi connectivity index (χ1) is 8.81. The summed E-state index contributed by atoms with van der Waals surface area (Å²) in [6.45, 7) is 10.3. The van der Waals surface area contributed by atoms with Crippen LogP contribution in [0.15, 0.2) is 24.3 Å². The molecule has 0 bridgehead atoms. The molecule has 1 aliphatic heterocycles. The molecule has 0 saturated carbocycles. The van der Waals surface area contributed by atoms with E-state index >= 15 is 0 Å². The molecule has 0 amide bonds. The van der Waals surface area contributed by atoms with E-state index in [0.717, 1.165) is 13.1 Å². The maximum atomic E-state index is 3.18. The van der Waals surface area contributed by atoms with Crippen molar-refractivity contribution in [1.29, 1.82) is 0 Å². The standard InChI is InChI=1S/C15H25N3/c1-3-17-8-10-18(11-9-17)13-15-6-4-14(5-7-15)12-16-2/h4-7,16H,3,8-13H2,1-2H3. The van der Waals surface area contributed by atoms with Gasteiger partial charge in [-0.2, -0.15) is 0 Å². The van der Waals surface area contributed by atoms with Gasteiger partial charge in [-0.3, -0.25) is 4.90 Å². The summed E-state index contributed by atoms with van der Waals surface area (Å²) in [6, 6.07) is 8.99. The molecular weight excluding hydrogens is 222 g/mol. The van der Waals surface area contributed by atoms with Gasteiger partial charge in [-0.25, -0.2) is 0 Å². The molecule has 0 unspecified atom stereocenters. The van der Waals surface area contributed by atoms with Crippen LogP contribution < -0.4 is 5.32 Å². The molecule has 1 N–H and O–H groups in total. The fourth-order valence-electron chi connectivity index (χ4n) is 2.49. The van der Waals surface area contributed by atoms with Crippen LogP contribution in [0.4, 0.5) is 0 Å². The van der Waals surface area contributed by atoms with Crippen molar-refractivity contribution in [2.24, 2.45) is 0 Å². The zero-order valence-electron chi connectivity index (χ0n) is 11.7. The lowest BCUT2D eigenvalue weighted by Gasteiger charge is -2.34. The third-order valence-corrected chi connectivity index (χ3v) is 3.72. The van der Waals surface area contributed by atoms with Crippen LogP contribution in [0, 0.1) is 0 Å². The van der Waals surface area contributed by atoms with E-state index in [4.69, 9.17) is 0 Å². The zero-order valence-corrected chi connectivity index (χ0v) is 11.7. The van der Waals surface area contributed by atoms with Crippen molar-refractivity contribution in [3.8, 4) is 0 Å². The second-order valence-corrected chi connectivity index (χ2v) is 5.06. The van der Waals surface area contributed by atoms with E-state index in [1.54, 1.807) is 0 Å². The Labute approximate surface area is 111 Å². The number of nitrogens with zero attached hydrogens (tertiary/aromatic N) is 2. The average molecular weight is 247 g/mol. The number of rotatable bonds is 5. The molecule has 100 valence electrons. The Morgan fingerprint density at radius 2 is 1.50 bits per heavy atom. The molecule has 0 spiro atoms. The Kier molecular flexibility index (Phi) is 5.17. The molecule has 0 aromatic heterocycles. The van der Waals surface area contributed by atoms with Crippen molar-refractivity contribution < 1.29 is 0 Å². The monoisotopic (exact) mass is 247 g/mol. The topological polar surface area (TPSA) is 18.5 Å². The third-order valence-electron chi connectivity index (χ3n) is 3.72. The van der Waals surface area contributed by atoms with Crippen molar-refractivity contribution in [3.63, 3.8) is 0 Å². The molecule has 1 saturated heterocycles. The normalized spacial score (nSPS) is 18.1. The Hall–Kier alpha value is -0.900. The van der Waals surface area contributed by atoms with Crippen molar-refractivity contribution in [3.05, 3.63) is 35.4 Å². The lowest BCUT2D eigenvalue weighted by Crippen LogP contribution is -2.45. The number of piperazine rings is 1. The number of hydrogen-bond donors (Lipinski definition) is 1. The van der Waals surface area contributed by atoms with Crippen molar-refractivity contribution in [2.45, 2.75) is 20.0 Å². The summed E-state index contributed by atoms with van der Waals surface area (Å²) in [7, 11) is 1.99. The van der Waals surface area contributed by atoms with Gasteiger partial charge in [0.1, 0.15) is 0 Å². The SMILES string of the molecule is CCN1CCN(Cc2ccc(CNC)cc2)CC1. The summed E-state index contributed by atoms with van der Waals surface area (Å²) in [6.07, 6.45) is 0. The summed E-state index contributed by atoms with van der Waals surface area (Å²) in [5.41, 5.74) is 2.79. The Bertz CT molecular complexity index is 339. The largest absolute Gasteiger partial charge is 0.316 e. The van der Waals surface area contributed by atoms with Crippen LogP contribution in [0.1, 0.15) is 18.1 Å². The molecule has 1 heterocycles. The first-order valence-electron chi connectivity index (χ1n) is 6.99. The number of likely N-dealkylation sites (N-methyl/N-ethyl adjacent to an activating group) is 1. The number of benzene rings is 1. The predicted molar refractivity (Wildman–Crippen MR) is 76.6 cm³/mol. The molecule has 1 aromatic rings. The van der Waals surface area contributed by atoms with Crippen LogP contribution in [-0.4, -0.2) is 49.6 Å². The molecule has 3 nitrogen and oxygen atoms in total. The molecule has 2 rings (SSSR count). The maximum absolute atomic E-state index is 3.18. The highest BCUT2D eigenvalue weighted by molar-refractivity contribution is 5.22. The molecule has 0 aliphatic carbocycles. The van der Waals surface area contributed by atoms with Crippen LogP contribution in [0.25, 0.3) is 0 Å². The average Bonchev–Trinajstić information content (AvgIpc) is 2.42. The van der Waals surface area contributed by atoms with E-state index in [1.165, 1.54) is 43.9 Å². The van der Waals surface area contributed by atoms with Gasteiger partial charge in [0.2, 0.25) is 0 Å². The highest BCUT2D eigenvalue weighted by Gasteiger charge is 2.15. The minimum atomic E-state index is 0.954. The van der Waals surface area contributed by atoms with Gasteiger partial charge >= 0.3 is 0 Å². The van der Waals surface area contributed by atoms with Gasteiger partial charge in [-0.1, -0.05) is 31.2 Å². The fraction of sp³-hybridized carbons (Fsp3) is 0.600. The van der Waals surface area contributed by atoms with E-state index in [9.17, 15) is 0 Å². The van der Waals surface area contributed by atoms with Crippen LogP contribution in [0.5, 0.6) is 0 Å². The van der Waals surface area contributed by atoms with E-state index < -0.39 is 0 Å². The van der Waals surface area contributed by atoms with Crippen LogP contribution in [-0.2, 0) is 13.1 Å². The van der Waals surface area contributed by atoms with Gasteiger partial charge in [-0.05, 0) is 24.7 Å². The zero-order chi connectivity index (χ0) is 12.8. The third kappa shape index (κ3) is 3.80. The Morgan fingerprint density at radius 1 is 0.944 bits per heavy atom.